The predicted molar refractivity (Wildman–Crippen MR) is 104 cm³/mol. The van der Waals surface area contributed by atoms with Gasteiger partial charge >= 0.3 is 0 Å². The monoisotopic (exact) mass is 361 g/mol. The lowest BCUT2D eigenvalue weighted by Crippen LogP contribution is -2.30. The van der Waals surface area contributed by atoms with Crippen LogP contribution in [0.3, 0.4) is 0 Å². The van der Waals surface area contributed by atoms with Gasteiger partial charge in [-0.3, -0.25) is 19.3 Å². The first-order valence-electron chi connectivity index (χ1n) is 8.62. The average Bonchev–Trinajstić information content (AvgIpc) is 3.00. The van der Waals surface area contributed by atoms with E-state index in [0.717, 1.165) is 11.0 Å². The summed E-state index contributed by atoms with van der Waals surface area (Å²) in [5.74, 6) is -0.141. The van der Waals surface area contributed by atoms with Crippen molar-refractivity contribution in [1.29, 1.82) is 0 Å². The third-order valence-corrected chi connectivity index (χ3v) is 4.32. The van der Waals surface area contributed by atoms with Gasteiger partial charge in [-0.2, -0.15) is 0 Å². The van der Waals surface area contributed by atoms with Crippen LogP contribution < -0.4 is 10.9 Å². The van der Waals surface area contributed by atoms with Crippen molar-refractivity contribution in [3.05, 3.63) is 70.8 Å². The number of benzene rings is 1. The van der Waals surface area contributed by atoms with E-state index in [1.807, 2.05) is 49.6 Å². The smallest absolute Gasteiger partial charge is 0.270 e. The van der Waals surface area contributed by atoms with Crippen LogP contribution >= 0.6 is 0 Å². The van der Waals surface area contributed by atoms with Crippen molar-refractivity contribution in [1.82, 2.24) is 18.9 Å². The Balaban J connectivity index is 1.80. The number of aromatic nitrogens is 4. The Morgan fingerprint density at radius 3 is 2.59 bits per heavy atom. The summed E-state index contributed by atoms with van der Waals surface area (Å²) in [7, 11) is 0. The highest BCUT2D eigenvalue weighted by molar-refractivity contribution is 6.03. The highest BCUT2D eigenvalue weighted by Crippen LogP contribution is 2.28. The van der Waals surface area contributed by atoms with Crippen molar-refractivity contribution in [3.63, 3.8) is 0 Å². The van der Waals surface area contributed by atoms with Crippen molar-refractivity contribution in [2.45, 2.75) is 26.3 Å². The molecule has 0 saturated heterocycles. The van der Waals surface area contributed by atoms with Crippen molar-refractivity contribution >= 4 is 28.5 Å². The molecule has 1 aromatic carbocycles. The van der Waals surface area contributed by atoms with Gasteiger partial charge in [0.15, 0.2) is 0 Å². The second kappa shape index (κ2) is 6.05. The Kier molecular flexibility index (Phi) is 3.80. The summed E-state index contributed by atoms with van der Waals surface area (Å²) < 4.78 is 3.30. The number of hydrogen-bond acceptors (Lipinski definition) is 4. The highest BCUT2D eigenvalue weighted by Gasteiger charge is 2.24. The van der Waals surface area contributed by atoms with Gasteiger partial charge in [-0.25, -0.2) is 9.97 Å². The second-order valence-electron chi connectivity index (χ2n) is 7.29. The molecule has 0 spiro atoms. The molecule has 7 heteroatoms. The van der Waals surface area contributed by atoms with Gasteiger partial charge < -0.3 is 4.57 Å². The first-order chi connectivity index (χ1) is 12.9. The van der Waals surface area contributed by atoms with Gasteiger partial charge in [-0.15, -0.1) is 0 Å². The average molecular weight is 361 g/mol. The zero-order valence-electron chi connectivity index (χ0n) is 15.3. The summed E-state index contributed by atoms with van der Waals surface area (Å²) in [4.78, 5) is 34.2. The summed E-state index contributed by atoms with van der Waals surface area (Å²) in [6, 6.07) is 12.9. The molecule has 3 aromatic heterocycles. The second-order valence-corrected chi connectivity index (χ2v) is 7.29. The highest BCUT2D eigenvalue weighted by atomic mass is 16.2. The minimum absolute atomic E-state index is 0.0359. The van der Waals surface area contributed by atoms with Crippen molar-refractivity contribution < 1.29 is 4.79 Å². The number of rotatable bonds is 2. The molecule has 4 aromatic rings. The molecule has 0 aliphatic carbocycles. The fourth-order valence-electron chi connectivity index (χ4n) is 3.14. The van der Waals surface area contributed by atoms with E-state index in [-0.39, 0.29) is 11.1 Å². The molecule has 0 saturated carbocycles. The Hall–Kier alpha value is -3.48. The topological polar surface area (TPSA) is 81.3 Å². The number of nitrogens with zero attached hydrogens (tertiary/aromatic N) is 4. The Labute approximate surface area is 155 Å². The molecule has 0 radical (unpaired) electrons. The van der Waals surface area contributed by atoms with Gasteiger partial charge in [0.1, 0.15) is 11.2 Å². The van der Waals surface area contributed by atoms with Gasteiger partial charge in [-0.1, -0.05) is 18.2 Å². The molecule has 0 bridgehead atoms. The molecule has 0 atom stereocenters. The van der Waals surface area contributed by atoms with Crippen molar-refractivity contribution in [2.24, 2.45) is 0 Å². The van der Waals surface area contributed by atoms with Crippen LogP contribution in [0.1, 0.15) is 31.1 Å². The molecular weight excluding hydrogens is 342 g/mol. The normalized spacial score (nSPS) is 11.8. The summed E-state index contributed by atoms with van der Waals surface area (Å²) >= 11 is 0. The zero-order chi connectivity index (χ0) is 19.2. The van der Waals surface area contributed by atoms with E-state index in [1.165, 1.54) is 10.6 Å². The predicted octanol–water partition coefficient (Wildman–Crippen LogP) is 3.05. The fourth-order valence-corrected chi connectivity index (χ4v) is 3.14. The van der Waals surface area contributed by atoms with Crippen LogP contribution in [0.4, 0.5) is 5.95 Å². The van der Waals surface area contributed by atoms with Crippen LogP contribution in [0.2, 0.25) is 0 Å². The standard InChI is InChI=1S/C20H19N5O2/c1-20(2,3)25-15-9-5-4-8-14(15)22-19(25)23-17(26)13-12-21-16-10-6-7-11-24(16)18(13)27/h4-12H,1-3H3,(H,22,23,26). The maximum Gasteiger partial charge on any atom is 0.270 e. The number of imidazole rings is 1. The number of pyridine rings is 1. The number of carbonyl (C=O) groups is 1. The largest absolute Gasteiger partial charge is 0.305 e. The van der Waals surface area contributed by atoms with Crippen LogP contribution in [0.15, 0.2) is 59.7 Å². The molecule has 0 aliphatic rings. The summed E-state index contributed by atoms with van der Waals surface area (Å²) in [6.07, 6.45) is 2.89. The third kappa shape index (κ3) is 2.87. The number of amides is 1. The fraction of sp³-hybridized carbons (Fsp3) is 0.200. The molecule has 0 aliphatic heterocycles. The van der Waals surface area contributed by atoms with Crippen LogP contribution in [-0.4, -0.2) is 24.8 Å². The van der Waals surface area contributed by atoms with Gasteiger partial charge in [0, 0.05) is 17.9 Å². The number of hydrogen-bond donors (Lipinski definition) is 1. The molecule has 4 rings (SSSR count). The van der Waals surface area contributed by atoms with Gasteiger partial charge in [-0.05, 0) is 45.0 Å². The van der Waals surface area contributed by atoms with E-state index in [4.69, 9.17) is 0 Å². The molecule has 136 valence electrons. The molecule has 7 nitrogen and oxygen atoms in total. The number of nitrogens with one attached hydrogen (secondary N) is 1. The maximum atomic E-state index is 12.8. The first kappa shape index (κ1) is 17.0. The summed E-state index contributed by atoms with van der Waals surface area (Å²) in [6.45, 7) is 6.09. The summed E-state index contributed by atoms with van der Waals surface area (Å²) in [5.41, 5.74) is 1.41. The van der Waals surface area contributed by atoms with Gasteiger partial charge in [0.05, 0.1) is 11.0 Å². The third-order valence-electron chi connectivity index (χ3n) is 4.32. The van der Waals surface area contributed by atoms with E-state index in [0.29, 0.717) is 11.6 Å². The first-order valence-corrected chi connectivity index (χ1v) is 8.62. The van der Waals surface area contributed by atoms with Gasteiger partial charge in [0.25, 0.3) is 11.5 Å². The minimum Gasteiger partial charge on any atom is -0.305 e. The van der Waals surface area contributed by atoms with Crippen LogP contribution in [0.5, 0.6) is 0 Å². The van der Waals surface area contributed by atoms with Crippen LogP contribution in [0.25, 0.3) is 16.7 Å². The quantitative estimate of drug-likeness (QED) is 0.595. The van der Waals surface area contributed by atoms with E-state index < -0.39 is 11.5 Å². The molecule has 1 amide bonds. The lowest BCUT2D eigenvalue weighted by Gasteiger charge is -2.24. The molecule has 1 N–H and O–H groups in total. The van der Waals surface area contributed by atoms with Gasteiger partial charge in [0.2, 0.25) is 5.95 Å². The lowest BCUT2D eigenvalue weighted by atomic mass is 10.1. The number of anilines is 1. The molecule has 0 unspecified atom stereocenters. The van der Waals surface area contributed by atoms with Crippen LogP contribution in [-0.2, 0) is 5.54 Å². The van der Waals surface area contributed by atoms with Crippen molar-refractivity contribution in [2.75, 3.05) is 5.32 Å². The molecular formula is C20H19N5O2. The Morgan fingerprint density at radius 1 is 1.07 bits per heavy atom. The van der Waals surface area contributed by atoms with E-state index in [1.54, 1.807) is 24.4 Å². The number of para-hydroxylation sites is 2. The molecule has 0 fully saturated rings. The Morgan fingerprint density at radius 2 is 1.81 bits per heavy atom. The zero-order valence-corrected chi connectivity index (χ0v) is 15.3. The Bertz CT molecular complexity index is 1230. The van der Waals surface area contributed by atoms with E-state index in [9.17, 15) is 9.59 Å². The maximum absolute atomic E-state index is 12.8. The molecule has 27 heavy (non-hydrogen) atoms. The lowest BCUT2D eigenvalue weighted by molar-refractivity contribution is 0.102. The number of carbonyl (C=O) groups excluding carboxylic acids is 1. The minimum atomic E-state index is -0.536. The van der Waals surface area contributed by atoms with E-state index in [2.05, 4.69) is 15.3 Å². The van der Waals surface area contributed by atoms with Crippen molar-refractivity contribution in [3.8, 4) is 0 Å². The molecule has 3 heterocycles. The number of fused-ring (bicyclic) bond motifs is 2. The van der Waals surface area contributed by atoms with E-state index >= 15 is 0 Å². The SMILES string of the molecule is CC(C)(C)n1c(NC(=O)c2cnc3ccccn3c2=O)nc2ccccc21. The van der Waals surface area contributed by atoms with Crippen LogP contribution in [0, 0.1) is 0 Å². The summed E-state index contributed by atoms with van der Waals surface area (Å²) in [5, 5.41) is 2.79.